The van der Waals surface area contributed by atoms with Crippen LogP contribution < -0.4 is 5.32 Å². The number of likely N-dealkylation sites (tertiary alicyclic amines) is 1. The molecule has 0 radical (unpaired) electrons. The molecule has 1 saturated heterocycles. The van der Waals surface area contributed by atoms with Crippen LogP contribution in [0.15, 0.2) is 48.5 Å². The molecule has 4 nitrogen and oxygen atoms in total. The average Bonchev–Trinajstić information content (AvgIpc) is 3.28. The standard InChI is InChI=1S/C22H25N3OS/c1-15(2)16-9-11-17(12-10-16)23-21(26)14-25-13-5-7-19(25)22-24-18-6-3-4-8-20(18)27-22/h3-4,6,8-12,15,19H,5,7,13-14H2,1-2H3,(H,23,26)/t19-/m0/s1. The van der Waals surface area contributed by atoms with E-state index in [1.165, 1.54) is 10.3 Å². The zero-order chi connectivity index (χ0) is 18.8. The molecule has 2 aromatic carbocycles. The highest BCUT2D eigenvalue weighted by Gasteiger charge is 2.30. The summed E-state index contributed by atoms with van der Waals surface area (Å²) in [5.41, 5.74) is 3.20. The Morgan fingerprint density at radius 1 is 1.22 bits per heavy atom. The van der Waals surface area contributed by atoms with Crippen molar-refractivity contribution in [1.29, 1.82) is 0 Å². The molecule has 0 aliphatic carbocycles. The first-order chi connectivity index (χ1) is 13.1. The monoisotopic (exact) mass is 379 g/mol. The minimum absolute atomic E-state index is 0.0420. The van der Waals surface area contributed by atoms with Gasteiger partial charge in [0.2, 0.25) is 5.91 Å². The number of nitrogens with one attached hydrogen (secondary N) is 1. The second kappa shape index (κ2) is 7.79. The van der Waals surface area contributed by atoms with Crippen molar-refractivity contribution in [2.24, 2.45) is 0 Å². The molecule has 0 spiro atoms. The number of nitrogens with zero attached hydrogens (tertiary/aromatic N) is 2. The molecule has 0 saturated carbocycles. The van der Waals surface area contributed by atoms with E-state index in [4.69, 9.17) is 4.98 Å². The van der Waals surface area contributed by atoms with Crippen LogP contribution in [-0.2, 0) is 4.79 Å². The van der Waals surface area contributed by atoms with Crippen molar-refractivity contribution < 1.29 is 4.79 Å². The molecule has 3 aromatic rings. The number of carbonyl (C=O) groups is 1. The number of anilines is 1. The minimum atomic E-state index is 0.0420. The molecule has 0 unspecified atom stereocenters. The molecule has 1 fully saturated rings. The van der Waals surface area contributed by atoms with E-state index in [1.807, 2.05) is 18.2 Å². The van der Waals surface area contributed by atoms with Crippen molar-refractivity contribution in [2.75, 3.05) is 18.4 Å². The van der Waals surface area contributed by atoms with Crippen molar-refractivity contribution in [1.82, 2.24) is 9.88 Å². The number of fused-ring (bicyclic) bond motifs is 1. The number of thiazole rings is 1. The molecule has 4 rings (SSSR count). The smallest absolute Gasteiger partial charge is 0.238 e. The number of aromatic nitrogens is 1. The van der Waals surface area contributed by atoms with Crippen LogP contribution in [0.5, 0.6) is 0 Å². The van der Waals surface area contributed by atoms with Gasteiger partial charge in [-0.25, -0.2) is 4.98 Å². The van der Waals surface area contributed by atoms with Gasteiger partial charge >= 0.3 is 0 Å². The van der Waals surface area contributed by atoms with Crippen LogP contribution in [0.4, 0.5) is 5.69 Å². The first-order valence-corrected chi connectivity index (χ1v) is 10.4. The topological polar surface area (TPSA) is 45.2 Å². The highest BCUT2D eigenvalue weighted by Crippen LogP contribution is 2.36. The molecular weight excluding hydrogens is 354 g/mol. The number of carbonyl (C=O) groups excluding carboxylic acids is 1. The highest BCUT2D eigenvalue weighted by atomic mass is 32.1. The van der Waals surface area contributed by atoms with E-state index in [1.54, 1.807) is 11.3 Å². The summed E-state index contributed by atoms with van der Waals surface area (Å²) in [6.07, 6.45) is 2.17. The van der Waals surface area contributed by atoms with Gasteiger partial charge in [0.05, 0.1) is 22.8 Å². The fraction of sp³-hybridized carbons (Fsp3) is 0.364. The second-order valence-electron chi connectivity index (χ2n) is 7.47. The Bertz CT molecular complexity index is 899. The lowest BCUT2D eigenvalue weighted by Crippen LogP contribution is -2.32. The normalized spacial score (nSPS) is 17.7. The summed E-state index contributed by atoms with van der Waals surface area (Å²) in [5.74, 6) is 0.536. The Kier molecular flexibility index (Phi) is 5.23. The van der Waals surface area contributed by atoms with Crippen LogP contribution in [0.2, 0.25) is 0 Å². The Balaban J connectivity index is 1.42. The second-order valence-corrected chi connectivity index (χ2v) is 8.54. The van der Waals surface area contributed by atoms with Crippen molar-refractivity contribution in [2.45, 2.75) is 38.6 Å². The number of amides is 1. The van der Waals surface area contributed by atoms with E-state index in [0.717, 1.165) is 35.6 Å². The summed E-state index contributed by atoms with van der Waals surface area (Å²) in [5, 5.41) is 4.16. The molecule has 5 heteroatoms. The van der Waals surface area contributed by atoms with Gasteiger partial charge in [0.15, 0.2) is 0 Å². The van der Waals surface area contributed by atoms with E-state index in [2.05, 4.69) is 54.4 Å². The van der Waals surface area contributed by atoms with Crippen molar-refractivity contribution in [3.05, 3.63) is 59.1 Å². The van der Waals surface area contributed by atoms with Crippen LogP contribution in [0, 0.1) is 0 Å². The molecule has 1 atom stereocenters. The minimum Gasteiger partial charge on any atom is -0.325 e. The molecule has 0 bridgehead atoms. The zero-order valence-corrected chi connectivity index (χ0v) is 16.6. The molecule has 27 heavy (non-hydrogen) atoms. The van der Waals surface area contributed by atoms with Gasteiger partial charge in [0.1, 0.15) is 5.01 Å². The number of rotatable bonds is 5. The predicted molar refractivity (Wildman–Crippen MR) is 112 cm³/mol. The lowest BCUT2D eigenvalue weighted by Gasteiger charge is -2.22. The Morgan fingerprint density at radius 2 is 2.00 bits per heavy atom. The van der Waals surface area contributed by atoms with Crippen LogP contribution in [0.1, 0.15) is 49.2 Å². The SMILES string of the molecule is CC(C)c1ccc(NC(=O)CN2CCC[C@H]2c2nc3ccccc3s2)cc1. The Labute approximate surface area is 164 Å². The van der Waals surface area contributed by atoms with Crippen LogP contribution in [-0.4, -0.2) is 28.9 Å². The van der Waals surface area contributed by atoms with E-state index >= 15 is 0 Å². The van der Waals surface area contributed by atoms with Crippen molar-refractivity contribution in [3.8, 4) is 0 Å². The number of hydrogen-bond donors (Lipinski definition) is 1. The van der Waals surface area contributed by atoms with Crippen LogP contribution >= 0.6 is 11.3 Å². The summed E-state index contributed by atoms with van der Waals surface area (Å²) in [7, 11) is 0. The summed E-state index contributed by atoms with van der Waals surface area (Å²) in [6.45, 7) is 5.69. The van der Waals surface area contributed by atoms with Crippen molar-refractivity contribution >= 4 is 33.1 Å². The molecule has 1 aliphatic heterocycles. The number of hydrogen-bond acceptors (Lipinski definition) is 4. The highest BCUT2D eigenvalue weighted by molar-refractivity contribution is 7.18. The molecule has 1 aromatic heterocycles. The first kappa shape index (κ1) is 18.1. The van der Waals surface area contributed by atoms with Gasteiger partial charge in [-0.1, -0.05) is 38.1 Å². The third kappa shape index (κ3) is 4.04. The van der Waals surface area contributed by atoms with Gasteiger partial charge in [-0.05, 0) is 55.1 Å². The maximum atomic E-state index is 12.6. The summed E-state index contributed by atoms with van der Waals surface area (Å²) >= 11 is 1.75. The van der Waals surface area contributed by atoms with E-state index in [9.17, 15) is 4.79 Å². The first-order valence-electron chi connectivity index (χ1n) is 9.59. The summed E-state index contributed by atoms with van der Waals surface area (Å²) < 4.78 is 1.22. The maximum absolute atomic E-state index is 12.6. The summed E-state index contributed by atoms with van der Waals surface area (Å²) in [6, 6.07) is 16.6. The number of para-hydroxylation sites is 1. The zero-order valence-electron chi connectivity index (χ0n) is 15.8. The average molecular weight is 380 g/mol. The fourth-order valence-corrected chi connectivity index (χ4v) is 4.80. The van der Waals surface area contributed by atoms with Crippen molar-refractivity contribution in [3.63, 3.8) is 0 Å². The maximum Gasteiger partial charge on any atom is 0.238 e. The molecule has 140 valence electrons. The quantitative estimate of drug-likeness (QED) is 0.663. The van der Waals surface area contributed by atoms with Gasteiger partial charge in [0.25, 0.3) is 0 Å². The lowest BCUT2D eigenvalue weighted by molar-refractivity contribution is -0.117. The molecule has 1 amide bonds. The summed E-state index contributed by atoms with van der Waals surface area (Å²) in [4.78, 5) is 19.6. The third-order valence-corrected chi connectivity index (χ3v) is 6.30. The van der Waals surface area contributed by atoms with Crippen LogP contribution in [0.25, 0.3) is 10.2 Å². The molecule has 2 heterocycles. The van der Waals surface area contributed by atoms with E-state index in [-0.39, 0.29) is 11.9 Å². The van der Waals surface area contributed by atoms with Gasteiger partial charge in [-0.3, -0.25) is 9.69 Å². The largest absolute Gasteiger partial charge is 0.325 e. The molecular formula is C22H25N3OS. The third-order valence-electron chi connectivity index (χ3n) is 5.17. The van der Waals surface area contributed by atoms with Gasteiger partial charge in [0, 0.05) is 5.69 Å². The van der Waals surface area contributed by atoms with Gasteiger partial charge in [-0.15, -0.1) is 11.3 Å². The Morgan fingerprint density at radius 3 is 2.74 bits per heavy atom. The Hall–Kier alpha value is -2.24. The lowest BCUT2D eigenvalue weighted by atomic mass is 10.0. The molecule has 1 N–H and O–H groups in total. The van der Waals surface area contributed by atoms with E-state index < -0.39 is 0 Å². The van der Waals surface area contributed by atoms with Gasteiger partial charge < -0.3 is 5.32 Å². The van der Waals surface area contributed by atoms with Crippen LogP contribution in [0.3, 0.4) is 0 Å². The fourth-order valence-electron chi connectivity index (χ4n) is 3.66. The predicted octanol–water partition coefficient (Wildman–Crippen LogP) is 5.20. The van der Waals surface area contributed by atoms with E-state index in [0.29, 0.717) is 12.5 Å². The number of benzene rings is 2. The van der Waals surface area contributed by atoms with Gasteiger partial charge in [-0.2, -0.15) is 0 Å². The molecule has 1 aliphatic rings.